The van der Waals surface area contributed by atoms with Gasteiger partial charge in [-0.15, -0.1) is 0 Å². The fourth-order valence-electron chi connectivity index (χ4n) is 1.94. The molecule has 0 aromatic heterocycles. The molecular weight excluding hydrogens is 212 g/mol. The summed E-state index contributed by atoms with van der Waals surface area (Å²) in [5, 5.41) is 9.24. The maximum Gasteiger partial charge on any atom is 0.161 e. The number of unbranched alkanes of at least 4 members (excludes halogenated alkanes) is 8. The number of rotatable bonds is 12. The van der Waals surface area contributed by atoms with Crippen LogP contribution >= 0.6 is 0 Å². The molecule has 2 nitrogen and oxygen atoms in total. The smallest absolute Gasteiger partial charge is 0.161 e. The first-order chi connectivity index (χ1) is 8.22. The highest BCUT2D eigenvalue weighted by Gasteiger charge is 2.11. The van der Waals surface area contributed by atoms with Crippen molar-refractivity contribution in [1.29, 1.82) is 0 Å². The SMILES string of the molecule is [CH2]CC(O)C(=O)CCCCCCCCCCC. The predicted octanol–water partition coefficient (Wildman–Crippen LogP) is 4.06. The number of carbonyl (C=O) groups is 1. The van der Waals surface area contributed by atoms with Gasteiger partial charge in [-0.1, -0.05) is 65.2 Å². The molecule has 1 atom stereocenters. The Morgan fingerprint density at radius 3 is 1.94 bits per heavy atom. The zero-order valence-electron chi connectivity index (χ0n) is 11.4. The van der Waals surface area contributed by atoms with E-state index >= 15 is 0 Å². The monoisotopic (exact) mass is 241 g/mol. The average Bonchev–Trinajstić information content (AvgIpc) is 2.35. The summed E-state index contributed by atoms with van der Waals surface area (Å²) in [7, 11) is 0. The van der Waals surface area contributed by atoms with Crippen molar-refractivity contribution >= 4 is 5.78 Å². The van der Waals surface area contributed by atoms with Gasteiger partial charge in [0, 0.05) is 6.42 Å². The Morgan fingerprint density at radius 1 is 1.00 bits per heavy atom. The summed E-state index contributed by atoms with van der Waals surface area (Å²) >= 11 is 0. The Labute approximate surface area is 107 Å². The maximum absolute atomic E-state index is 11.3. The molecule has 0 aliphatic carbocycles. The van der Waals surface area contributed by atoms with Crippen LogP contribution in [0.15, 0.2) is 0 Å². The lowest BCUT2D eigenvalue weighted by atomic mass is 10.0. The van der Waals surface area contributed by atoms with Crippen LogP contribution in [-0.4, -0.2) is 17.0 Å². The summed E-state index contributed by atoms with van der Waals surface area (Å²) in [6, 6.07) is 0. The largest absolute Gasteiger partial charge is 0.385 e. The van der Waals surface area contributed by atoms with E-state index in [1.807, 2.05) is 0 Å². The summed E-state index contributed by atoms with van der Waals surface area (Å²) in [6.07, 6.45) is 11.2. The predicted molar refractivity (Wildman–Crippen MR) is 72.8 cm³/mol. The minimum absolute atomic E-state index is 0.0389. The number of hydrogen-bond acceptors (Lipinski definition) is 2. The van der Waals surface area contributed by atoms with Crippen LogP contribution < -0.4 is 0 Å². The number of carbonyl (C=O) groups excluding carboxylic acids is 1. The van der Waals surface area contributed by atoms with Gasteiger partial charge in [-0.2, -0.15) is 0 Å². The van der Waals surface area contributed by atoms with Crippen LogP contribution in [0.1, 0.15) is 77.6 Å². The van der Waals surface area contributed by atoms with Crippen LogP contribution in [0.4, 0.5) is 0 Å². The molecule has 0 aliphatic rings. The van der Waals surface area contributed by atoms with Gasteiger partial charge in [0.1, 0.15) is 6.10 Å². The molecule has 2 heteroatoms. The number of hydrogen-bond donors (Lipinski definition) is 1. The third-order valence-electron chi connectivity index (χ3n) is 3.17. The van der Waals surface area contributed by atoms with Gasteiger partial charge < -0.3 is 5.11 Å². The second kappa shape index (κ2) is 12.1. The van der Waals surface area contributed by atoms with Crippen LogP contribution in [0.25, 0.3) is 0 Å². The van der Waals surface area contributed by atoms with Crippen LogP contribution in [0.2, 0.25) is 0 Å². The third-order valence-corrected chi connectivity index (χ3v) is 3.17. The van der Waals surface area contributed by atoms with Gasteiger partial charge in [0.25, 0.3) is 0 Å². The summed E-state index contributed by atoms with van der Waals surface area (Å²) in [5.74, 6) is -0.0389. The van der Waals surface area contributed by atoms with Gasteiger partial charge in [-0.05, 0) is 12.8 Å². The van der Waals surface area contributed by atoms with E-state index in [-0.39, 0.29) is 5.78 Å². The van der Waals surface area contributed by atoms with Gasteiger partial charge in [0.05, 0.1) is 0 Å². The lowest BCUT2D eigenvalue weighted by Crippen LogP contribution is -2.18. The van der Waals surface area contributed by atoms with Gasteiger partial charge in [-0.25, -0.2) is 0 Å². The van der Waals surface area contributed by atoms with Gasteiger partial charge in [0.2, 0.25) is 0 Å². The van der Waals surface area contributed by atoms with E-state index in [1.165, 1.54) is 44.9 Å². The first kappa shape index (κ1) is 16.6. The Morgan fingerprint density at radius 2 is 1.47 bits per heavy atom. The minimum Gasteiger partial charge on any atom is -0.385 e. The van der Waals surface area contributed by atoms with Gasteiger partial charge >= 0.3 is 0 Å². The molecular formula is C15H29O2. The van der Waals surface area contributed by atoms with Gasteiger partial charge in [-0.3, -0.25) is 4.79 Å². The third kappa shape index (κ3) is 10.5. The number of aliphatic hydroxyl groups excluding tert-OH is 1. The summed E-state index contributed by atoms with van der Waals surface area (Å²) < 4.78 is 0. The molecule has 0 rings (SSSR count). The van der Waals surface area contributed by atoms with Crippen LogP contribution in [-0.2, 0) is 4.79 Å². The van der Waals surface area contributed by atoms with Gasteiger partial charge in [0.15, 0.2) is 5.78 Å². The normalized spacial score (nSPS) is 12.6. The quantitative estimate of drug-likeness (QED) is 0.523. The van der Waals surface area contributed by atoms with Crippen molar-refractivity contribution in [3.8, 4) is 0 Å². The molecule has 0 fully saturated rings. The Hall–Kier alpha value is -0.370. The summed E-state index contributed by atoms with van der Waals surface area (Å²) in [6.45, 7) is 5.76. The first-order valence-corrected chi connectivity index (χ1v) is 7.22. The minimum atomic E-state index is -0.830. The molecule has 0 saturated heterocycles. The molecule has 0 aliphatic heterocycles. The Bertz CT molecular complexity index is 178. The second-order valence-corrected chi connectivity index (χ2v) is 4.85. The summed E-state index contributed by atoms with van der Waals surface area (Å²) in [5.41, 5.74) is 0. The topological polar surface area (TPSA) is 37.3 Å². The van der Waals surface area contributed by atoms with Crippen molar-refractivity contribution in [1.82, 2.24) is 0 Å². The van der Waals surface area contributed by atoms with Crippen molar-refractivity contribution < 1.29 is 9.90 Å². The van der Waals surface area contributed by atoms with E-state index in [1.54, 1.807) is 0 Å². The molecule has 1 unspecified atom stereocenters. The number of Topliss-reactive ketones (excluding diaryl/α,β-unsaturated/α-hetero) is 1. The molecule has 0 aromatic rings. The van der Waals surface area contributed by atoms with Crippen LogP contribution in [0.3, 0.4) is 0 Å². The van der Waals surface area contributed by atoms with Crippen LogP contribution in [0, 0.1) is 6.92 Å². The number of ketones is 1. The van der Waals surface area contributed by atoms with E-state index in [0.717, 1.165) is 12.8 Å². The van der Waals surface area contributed by atoms with Crippen molar-refractivity contribution in [3.63, 3.8) is 0 Å². The lowest BCUT2D eigenvalue weighted by Gasteiger charge is -2.06. The molecule has 0 amide bonds. The van der Waals surface area contributed by atoms with Crippen molar-refractivity contribution in [2.75, 3.05) is 0 Å². The standard InChI is InChI=1S/C15H29O2/c1-3-5-6-7-8-9-10-11-12-13-15(17)14(16)4-2/h14,16H,2-13H2,1H3. The highest BCUT2D eigenvalue weighted by molar-refractivity contribution is 5.82. The lowest BCUT2D eigenvalue weighted by molar-refractivity contribution is -0.127. The van der Waals surface area contributed by atoms with Crippen molar-refractivity contribution in [2.45, 2.75) is 83.7 Å². The molecule has 0 aromatic carbocycles. The number of aliphatic hydroxyl groups is 1. The molecule has 101 valence electrons. The fraction of sp³-hybridized carbons (Fsp3) is 0.867. The Balaban J connectivity index is 3.16. The van der Waals surface area contributed by atoms with E-state index in [2.05, 4.69) is 13.8 Å². The fourth-order valence-corrected chi connectivity index (χ4v) is 1.94. The van der Waals surface area contributed by atoms with E-state index in [9.17, 15) is 9.90 Å². The molecule has 0 spiro atoms. The van der Waals surface area contributed by atoms with E-state index in [4.69, 9.17) is 0 Å². The molecule has 0 saturated carbocycles. The second-order valence-electron chi connectivity index (χ2n) is 4.85. The molecule has 17 heavy (non-hydrogen) atoms. The highest BCUT2D eigenvalue weighted by Crippen LogP contribution is 2.11. The molecule has 1 N–H and O–H groups in total. The Kier molecular flexibility index (Phi) is 11.8. The molecule has 0 heterocycles. The zero-order chi connectivity index (χ0) is 12.9. The molecule has 0 bridgehead atoms. The average molecular weight is 241 g/mol. The highest BCUT2D eigenvalue weighted by atomic mass is 16.3. The zero-order valence-corrected chi connectivity index (χ0v) is 11.4. The van der Waals surface area contributed by atoms with E-state index in [0.29, 0.717) is 12.8 Å². The summed E-state index contributed by atoms with van der Waals surface area (Å²) in [4.78, 5) is 11.3. The maximum atomic E-state index is 11.3. The van der Waals surface area contributed by atoms with E-state index < -0.39 is 6.10 Å². The van der Waals surface area contributed by atoms with Crippen LogP contribution in [0.5, 0.6) is 0 Å². The van der Waals surface area contributed by atoms with Crippen molar-refractivity contribution in [2.24, 2.45) is 0 Å². The van der Waals surface area contributed by atoms with Crippen molar-refractivity contribution in [3.05, 3.63) is 6.92 Å². The first-order valence-electron chi connectivity index (χ1n) is 7.22. The molecule has 1 radical (unpaired) electrons.